The summed E-state index contributed by atoms with van der Waals surface area (Å²) in [6.07, 6.45) is 3.40. The maximum atomic E-state index is 11.7. The van der Waals surface area contributed by atoms with Crippen molar-refractivity contribution in [2.45, 2.75) is 51.7 Å². The highest BCUT2D eigenvalue weighted by molar-refractivity contribution is 5.78. The van der Waals surface area contributed by atoms with E-state index in [1.807, 2.05) is 25.8 Å². The van der Waals surface area contributed by atoms with Crippen LogP contribution in [0.25, 0.3) is 0 Å². The van der Waals surface area contributed by atoms with Gasteiger partial charge in [0.05, 0.1) is 6.10 Å². The Morgan fingerprint density at radius 3 is 2.21 bits per heavy atom. The minimum Gasteiger partial charge on any atom is -0.393 e. The number of nitrogens with zero attached hydrogens (tertiary/aromatic N) is 1. The van der Waals surface area contributed by atoms with Crippen molar-refractivity contribution in [3.8, 4) is 0 Å². The first-order valence-electron chi connectivity index (χ1n) is 5.47. The van der Waals surface area contributed by atoms with Crippen LogP contribution in [0.3, 0.4) is 0 Å². The molecule has 0 heterocycles. The molecular weight excluding hydrogens is 178 g/mol. The molecule has 0 atom stereocenters. The summed E-state index contributed by atoms with van der Waals surface area (Å²) in [6.45, 7) is 3.85. The number of carbonyl (C=O) groups excluding carboxylic acids is 1. The lowest BCUT2D eigenvalue weighted by atomic mass is 9.92. The standard InChI is InChI=1S/C11H21NO2/c1-8(2)11(14)12(3)9-4-6-10(13)7-5-9/h8-10,13H,4-7H2,1-3H3. The Hall–Kier alpha value is -0.570. The highest BCUT2D eigenvalue weighted by Gasteiger charge is 2.26. The minimum absolute atomic E-state index is 0.0758. The predicted octanol–water partition coefficient (Wildman–Crippen LogP) is 1.40. The first-order valence-corrected chi connectivity index (χ1v) is 5.47. The second-order valence-electron chi connectivity index (χ2n) is 4.57. The third kappa shape index (κ3) is 2.71. The van der Waals surface area contributed by atoms with E-state index in [0.717, 1.165) is 25.7 Å². The number of rotatable bonds is 2. The van der Waals surface area contributed by atoms with Crippen LogP contribution in [0.2, 0.25) is 0 Å². The Labute approximate surface area is 86.1 Å². The van der Waals surface area contributed by atoms with E-state index < -0.39 is 0 Å². The lowest BCUT2D eigenvalue weighted by Crippen LogP contribution is -2.42. The van der Waals surface area contributed by atoms with Crippen molar-refractivity contribution in [3.05, 3.63) is 0 Å². The molecule has 14 heavy (non-hydrogen) atoms. The average Bonchev–Trinajstić information content (AvgIpc) is 2.16. The fraction of sp³-hybridized carbons (Fsp3) is 0.909. The largest absolute Gasteiger partial charge is 0.393 e. The average molecular weight is 199 g/mol. The van der Waals surface area contributed by atoms with E-state index in [4.69, 9.17) is 0 Å². The van der Waals surface area contributed by atoms with Gasteiger partial charge in [0.2, 0.25) is 5.91 Å². The van der Waals surface area contributed by atoms with Crippen LogP contribution in [0.15, 0.2) is 0 Å². The Morgan fingerprint density at radius 1 is 1.29 bits per heavy atom. The van der Waals surface area contributed by atoms with Gasteiger partial charge in [-0.1, -0.05) is 13.8 Å². The smallest absolute Gasteiger partial charge is 0.225 e. The number of hydrogen-bond acceptors (Lipinski definition) is 2. The van der Waals surface area contributed by atoms with Gasteiger partial charge in [-0.25, -0.2) is 0 Å². The number of aliphatic hydroxyl groups excluding tert-OH is 1. The summed E-state index contributed by atoms with van der Waals surface area (Å²) in [5, 5.41) is 9.35. The zero-order valence-corrected chi connectivity index (χ0v) is 9.36. The van der Waals surface area contributed by atoms with Crippen molar-refractivity contribution in [3.63, 3.8) is 0 Å². The van der Waals surface area contributed by atoms with Crippen LogP contribution in [0, 0.1) is 5.92 Å². The van der Waals surface area contributed by atoms with Crippen LogP contribution in [0.1, 0.15) is 39.5 Å². The third-order valence-electron chi connectivity index (χ3n) is 3.06. The van der Waals surface area contributed by atoms with E-state index in [1.165, 1.54) is 0 Å². The summed E-state index contributed by atoms with van der Waals surface area (Å²) in [4.78, 5) is 13.5. The molecule has 1 N–H and O–H groups in total. The fourth-order valence-electron chi connectivity index (χ4n) is 2.03. The van der Waals surface area contributed by atoms with Crippen LogP contribution in [0.5, 0.6) is 0 Å². The van der Waals surface area contributed by atoms with E-state index in [0.29, 0.717) is 6.04 Å². The SMILES string of the molecule is CC(C)C(=O)N(C)C1CCC(O)CC1. The van der Waals surface area contributed by atoms with Crippen LogP contribution >= 0.6 is 0 Å². The minimum atomic E-state index is -0.145. The molecule has 1 fully saturated rings. The lowest BCUT2D eigenvalue weighted by molar-refractivity contribution is -0.136. The van der Waals surface area contributed by atoms with Gasteiger partial charge >= 0.3 is 0 Å². The van der Waals surface area contributed by atoms with Crippen molar-refractivity contribution >= 4 is 5.91 Å². The Balaban J connectivity index is 2.45. The zero-order valence-electron chi connectivity index (χ0n) is 9.36. The number of aliphatic hydroxyl groups is 1. The van der Waals surface area contributed by atoms with E-state index in [1.54, 1.807) is 0 Å². The van der Waals surface area contributed by atoms with Crippen LogP contribution in [0.4, 0.5) is 0 Å². The summed E-state index contributed by atoms with van der Waals surface area (Å²) >= 11 is 0. The highest BCUT2D eigenvalue weighted by Crippen LogP contribution is 2.23. The molecule has 3 nitrogen and oxygen atoms in total. The number of amides is 1. The van der Waals surface area contributed by atoms with Crippen molar-refractivity contribution in [2.75, 3.05) is 7.05 Å². The summed E-state index contributed by atoms with van der Waals surface area (Å²) in [5.41, 5.74) is 0. The van der Waals surface area contributed by atoms with Crippen LogP contribution in [-0.4, -0.2) is 35.1 Å². The molecule has 0 unspecified atom stereocenters. The Kier molecular flexibility index (Phi) is 3.93. The molecule has 0 aliphatic heterocycles. The van der Waals surface area contributed by atoms with Gasteiger partial charge in [-0.3, -0.25) is 4.79 Å². The molecule has 0 aromatic carbocycles. The third-order valence-corrected chi connectivity index (χ3v) is 3.06. The molecule has 1 aliphatic rings. The van der Waals surface area contributed by atoms with Gasteiger partial charge in [0, 0.05) is 19.0 Å². The summed E-state index contributed by atoms with van der Waals surface area (Å²) in [5.74, 6) is 0.290. The van der Waals surface area contributed by atoms with Gasteiger partial charge in [0.15, 0.2) is 0 Å². The Bertz CT molecular complexity index is 195. The summed E-state index contributed by atoms with van der Waals surface area (Å²) < 4.78 is 0. The first kappa shape index (κ1) is 11.5. The van der Waals surface area contributed by atoms with Crippen molar-refractivity contribution in [2.24, 2.45) is 5.92 Å². The van der Waals surface area contributed by atoms with Gasteiger partial charge in [0.25, 0.3) is 0 Å². The molecule has 1 rings (SSSR count). The molecule has 82 valence electrons. The van der Waals surface area contributed by atoms with Gasteiger partial charge in [0.1, 0.15) is 0 Å². The fourth-order valence-corrected chi connectivity index (χ4v) is 2.03. The van der Waals surface area contributed by atoms with Gasteiger partial charge < -0.3 is 10.0 Å². The summed E-state index contributed by atoms with van der Waals surface area (Å²) in [7, 11) is 1.88. The molecule has 0 aromatic heterocycles. The lowest BCUT2D eigenvalue weighted by Gasteiger charge is -2.34. The molecule has 1 saturated carbocycles. The Morgan fingerprint density at radius 2 is 1.79 bits per heavy atom. The van der Waals surface area contributed by atoms with Gasteiger partial charge in [-0.05, 0) is 25.7 Å². The van der Waals surface area contributed by atoms with E-state index in [9.17, 15) is 9.90 Å². The van der Waals surface area contributed by atoms with Crippen molar-refractivity contribution in [1.82, 2.24) is 4.90 Å². The zero-order chi connectivity index (χ0) is 10.7. The molecular formula is C11H21NO2. The molecule has 1 aliphatic carbocycles. The number of hydrogen-bond donors (Lipinski definition) is 1. The maximum Gasteiger partial charge on any atom is 0.225 e. The molecule has 0 aromatic rings. The van der Waals surface area contributed by atoms with Gasteiger partial charge in [-0.15, -0.1) is 0 Å². The quantitative estimate of drug-likeness (QED) is 0.730. The molecule has 0 radical (unpaired) electrons. The normalized spacial score (nSPS) is 27.8. The number of carbonyl (C=O) groups is 1. The predicted molar refractivity (Wildman–Crippen MR) is 55.9 cm³/mol. The first-order chi connectivity index (χ1) is 6.52. The monoisotopic (exact) mass is 199 g/mol. The van der Waals surface area contributed by atoms with Crippen molar-refractivity contribution < 1.29 is 9.90 Å². The summed E-state index contributed by atoms with van der Waals surface area (Å²) in [6, 6.07) is 0.341. The maximum absolute atomic E-state index is 11.7. The second-order valence-corrected chi connectivity index (χ2v) is 4.57. The van der Waals surface area contributed by atoms with Crippen LogP contribution in [-0.2, 0) is 4.79 Å². The van der Waals surface area contributed by atoms with E-state index >= 15 is 0 Å². The van der Waals surface area contributed by atoms with Gasteiger partial charge in [-0.2, -0.15) is 0 Å². The molecule has 0 saturated heterocycles. The molecule has 3 heteroatoms. The second kappa shape index (κ2) is 4.78. The van der Waals surface area contributed by atoms with E-state index in [-0.39, 0.29) is 17.9 Å². The van der Waals surface area contributed by atoms with Crippen LogP contribution < -0.4 is 0 Å². The molecule has 0 spiro atoms. The molecule has 0 bridgehead atoms. The topological polar surface area (TPSA) is 40.5 Å². The highest BCUT2D eigenvalue weighted by atomic mass is 16.3. The molecule has 1 amide bonds. The van der Waals surface area contributed by atoms with E-state index in [2.05, 4.69) is 0 Å². The van der Waals surface area contributed by atoms with Crippen molar-refractivity contribution in [1.29, 1.82) is 0 Å².